The Labute approximate surface area is 147 Å². The number of H-pyrrole nitrogens is 1. The number of benzene rings is 3. The maximum absolute atomic E-state index is 12.7. The van der Waals surface area contributed by atoms with Crippen LogP contribution in [0.2, 0.25) is 5.02 Å². The van der Waals surface area contributed by atoms with Crippen molar-refractivity contribution in [2.24, 2.45) is 0 Å². The molecule has 1 aromatic heterocycles. The second-order valence-corrected chi connectivity index (χ2v) is 5.88. The summed E-state index contributed by atoms with van der Waals surface area (Å²) in [5.41, 5.74) is 1.71. The Morgan fingerprint density at radius 2 is 1.84 bits per heavy atom. The third kappa shape index (κ3) is 3.07. The van der Waals surface area contributed by atoms with Crippen LogP contribution in [0.4, 0.5) is 5.69 Å². The van der Waals surface area contributed by atoms with E-state index in [0.717, 1.165) is 10.8 Å². The highest BCUT2D eigenvalue weighted by molar-refractivity contribution is 6.31. The minimum Gasteiger partial charge on any atom is -0.321 e. The Hall–Kier alpha value is -3.25. The minimum absolute atomic E-state index is 0.224. The molecule has 0 aliphatic heterocycles. The smallest absolute Gasteiger partial charge is 0.255 e. The summed E-state index contributed by atoms with van der Waals surface area (Å²) in [4.78, 5) is 12.7. The van der Waals surface area contributed by atoms with Gasteiger partial charge < -0.3 is 5.32 Å². The average Bonchev–Trinajstić information content (AvgIpc) is 3.17. The Morgan fingerprint density at radius 1 is 1.00 bits per heavy atom. The van der Waals surface area contributed by atoms with Gasteiger partial charge in [0, 0.05) is 16.1 Å². The number of hydrogen-bond donors (Lipinski definition) is 2. The van der Waals surface area contributed by atoms with Gasteiger partial charge in [-0.2, -0.15) is 5.21 Å². The van der Waals surface area contributed by atoms with Gasteiger partial charge in [-0.15, -0.1) is 10.2 Å². The summed E-state index contributed by atoms with van der Waals surface area (Å²) in [6.45, 7) is 0. The van der Waals surface area contributed by atoms with Gasteiger partial charge in [-0.25, -0.2) is 0 Å². The van der Waals surface area contributed by atoms with Crippen molar-refractivity contribution in [1.29, 1.82) is 0 Å². The third-order valence-electron chi connectivity index (χ3n) is 3.83. The Kier molecular flexibility index (Phi) is 3.87. The van der Waals surface area contributed by atoms with Crippen LogP contribution in [0.1, 0.15) is 10.4 Å². The highest BCUT2D eigenvalue weighted by atomic mass is 35.5. The molecule has 7 heteroatoms. The molecule has 25 heavy (non-hydrogen) atoms. The van der Waals surface area contributed by atoms with E-state index in [2.05, 4.69) is 25.9 Å². The number of nitrogens with one attached hydrogen (secondary N) is 2. The van der Waals surface area contributed by atoms with Crippen LogP contribution in [-0.4, -0.2) is 26.5 Å². The fraction of sp³-hybridized carbons (Fsp3) is 0. The number of nitrogens with zero attached hydrogens (tertiary/aromatic N) is 3. The molecule has 0 spiro atoms. The van der Waals surface area contributed by atoms with E-state index in [1.165, 1.54) is 0 Å². The van der Waals surface area contributed by atoms with Crippen LogP contribution >= 0.6 is 11.6 Å². The summed E-state index contributed by atoms with van der Waals surface area (Å²) < 4.78 is 0. The van der Waals surface area contributed by atoms with Crippen LogP contribution in [-0.2, 0) is 0 Å². The summed E-state index contributed by atoms with van der Waals surface area (Å²) in [6, 6.07) is 18.5. The molecule has 0 aliphatic rings. The third-order valence-corrected chi connectivity index (χ3v) is 4.06. The van der Waals surface area contributed by atoms with Crippen LogP contribution in [0.3, 0.4) is 0 Å². The van der Waals surface area contributed by atoms with Gasteiger partial charge in [0.1, 0.15) is 0 Å². The first kappa shape index (κ1) is 15.3. The molecule has 6 nitrogen and oxygen atoms in total. The van der Waals surface area contributed by atoms with E-state index in [4.69, 9.17) is 11.6 Å². The predicted octanol–water partition coefficient (Wildman–Crippen LogP) is 3.93. The fourth-order valence-electron chi connectivity index (χ4n) is 2.61. The number of aromatic nitrogens is 4. The summed E-state index contributed by atoms with van der Waals surface area (Å²) in [5, 5.41) is 19.3. The van der Waals surface area contributed by atoms with E-state index in [9.17, 15) is 4.79 Å². The number of carbonyl (C=O) groups is 1. The van der Waals surface area contributed by atoms with Crippen LogP contribution in [0.15, 0.2) is 60.7 Å². The van der Waals surface area contributed by atoms with E-state index >= 15 is 0 Å². The van der Waals surface area contributed by atoms with Crippen LogP contribution in [0.25, 0.3) is 22.2 Å². The predicted molar refractivity (Wildman–Crippen MR) is 96.5 cm³/mol. The van der Waals surface area contributed by atoms with E-state index in [1.807, 2.05) is 36.4 Å². The monoisotopic (exact) mass is 349 g/mol. The number of fused-ring (bicyclic) bond motifs is 1. The largest absolute Gasteiger partial charge is 0.321 e. The van der Waals surface area contributed by atoms with Gasteiger partial charge in [0.25, 0.3) is 5.91 Å². The standard InChI is InChI=1S/C18H12ClN5O/c19-14-7-8-16(15(10-14)17-21-23-24-22-17)20-18(25)13-6-5-11-3-1-2-4-12(11)9-13/h1-10H,(H,20,25)(H,21,22,23,24). The van der Waals surface area contributed by atoms with Crippen molar-refractivity contribution in [2.45, 2.75) is 0 Å². The molecule has 0 unspecified atom stereocenters. The second-order valence-electron chi connectivity index (χ2n) is 5.44. The number of hydrogen-bond acceptors (Lipinski definition) is 4. The normalized spacial score (nSPS) is 10.8. The summed E-state index contributed by atoms with van der Waals surface area (Å²) in [6.07, 6.45) is 0. The van der Waals surface area contributed by atoms with Crippen LogP contribution in [0, 0.1) is 0 Å². The number of tetrazole rings is 1. The Balaban J connectivity index is 1.68. The molecule has 4 rings (SSSR count). The number of aromatic amines is 1. The number of anilines is 1. The van der Waals surface area contributed by atoms with Crippen molar-refractivity contribution >= 4 is 34.0 Å². The van der Waals surface area contributed by atoms with Gasteiger partial charge in [0.15, 0.2) is 0 Å². The lowest BCUT2D eigenvalue weighted by molar-refractivity contribution is 0.102. The maximum atomic E-state index is 12.7. The van der Waals surface area contributed by atoms with Gasteiger partial charge in [-0.3, -0.25) is 4.79 Å². The van der Waals surface area contributed by atoms with Gasteiger partial charge >= 0.3 is 0 Å². The van der Waals surface area contributed by atoms with Gasteiger partial charge in [0.2, 0.25) is 5.82 Å². The van der Waals surface area contributed by atoms with Crippen LogP contribution in [0.5, 0.6) is 0 Å². The van der Waals surface area contributed by atoms with Crippen molar-refractivity contribution in [3.63, 3.8) is 0 Å². The molecule has 0 fully saturated rings. The molecule has 0 atom stereocenters. The molecule has 0 radical (unpaired) electrons. The molecule has 0 saturated carbocycles. The Bertz CT molecular complexity index is 1060. The van der Waals surface area contributed by atoms with E-state index in [1.54, 1.807) is 24.3 Å². The van der Waals surface area contributed by atoms with Crippen LogP contribution < -0.4 is 5.32 Å². The van der Waals surface area contributed by atoms with Crippen molar-refractivity contribution in [3.8, 4) is 11.4 Å². The average molecular weight is 350 g/mol. The molecular formula is C18H12ClN5O. The molecular weight excluding hydrogens is 338 g/mol. The van der Waals surface area contributed by atoms with Crippen molar-refractivity contribution in [2.75, 3.05) is 5.32 Å². The molecule has 2 N–H and O–H groups in total. The molecule has 4 aromatic rings. The lowest BCUT2D eigenvalue weighted by atomic mass is 10.1. The highest BCUT2D eigenvalue weighted by Gasteiger charge is 2.14. The minimum atomic E-state index is -0.224. The molecule has 0 saturated heterocycles. The zero-order valence-electron chi connectivity index (χ0n) is 12.9. The number of amides is 1. The van der Waals surface area contributed by atoms with Crippen molar-refractivity contribution < 1.29 is 4.79 Å². The Morgan fingerprint density at radius 3 is 2.64 bits per heavy atom. The maximum Gasteiger partial charge on any atom is 0.255 e. The number of rotatable bonds is 3. The zero-order valence-corrected chi connectivity index (χ0v) is 13.7. The molecule has 1 heterocycles. The quantitative estimate of drug-likeness (QED) is 0.587. The zero-order chi connectivity index (χ0) is 17.2. The van der Waals surface area contributed by atoms with E-state index in [0.29, 0.717) is 27.7 Å². The lowest BCUT2D eigenvalue weighted by Gasteiger charge is -2.10. The highest BCUT2D eigenvalue weighted by Crippen LogP contribution is 2.28. The first-order chi connectivity index (χ1) is 12.2. The van der Waals surface area contributed by atoms with Crippen molar-refractivity contribution in [3.05, 3.63) is 71.2 Å². The fourth-order valence-corrected chi connectivity index (χ4v) is 2.78. The summed E-state index contributed by atoms with van der Waals surface area (Å²) >= 11 is 6.05. The lowest BCUT2D eigenvalue weighted by Crippen LogP contribution is -2.12. The first-order valence-corrected chi connectivity index (χ1v) is 7.92. The number of carbonyl (C=O) groups excluding carboxylic acids is 1. The SMILES string of the molecule is O=C(Nc1ccc(Cl)cc1-c1nn[nH]n1)c1ccc2ccccc2c1. The molecule has 1 amide bonds. The van der Waals surface area contributed by atoms with Gasteiger partial charge in [-0.1, -0.05) is 41.9 Å². The molecule has 0 aliphatic carbocycles. The van der Waals surface area contributed by atoms with Gasteiger partial charge in [0.05, 0.1) is 5.69 Å². The van der Waals surface area contributed by atoms with Crippen molar-refractivity contribution in [1.82, 2.24) is 20.6 Å². The summed E-state index contributed by atoms with van der Waals surface area (Å²) in [5.74, 6) is 0.133. The molecule has 122 valence electrons. The van der Waals surface area contributed by atoms with E-state index < -0.39 is 0 Å². The topological polar surface area (TPSA) is 83.6 Å². The summed E-state index contributed by atoms with van der Waals surface area (Å²) in [7, 11) is 0. The van der Waals surface area contributed by atoms with Gasteiger partial charge in [-0.05, 0) is 46.3 Å². The molecule has 0 bridgehead atoms. The van der Waals surface area contributed by atoms with E-state index in [-0.39, 0.29) is 5.91 Å². The molecule has 3 aromatic carbocycles. The first-order valence-electron chi connectivity index (χ1n) is 7.54. The number of halogens is 1. The second kappa shape index (κ2) is 6.33.